The van der Waals surface area contributed by atoms with Crippen molar-refractivity contribution in [2.75, 3.05) is 20.8 Å². The molecule has 0 bridgehead atoms. The molecule has 0 atom stereocenters. The van der Waals surface area contributed by atoms with Crippen molar-refractivity contribution in [3.63, 3.8) is 0 Å². The van der Waals surface area contributed by atoms with Gasteiger partial charge in [0, 0.05) is 6.08 Å². The van der Waals surface area contributed by atoms with Gasteiger partial charge in [0.1, 0.15) is 0 Å². The molecule has 0 aliphatic carbocycles. The number of ether oxygens (including phenoxy) is 2. The maximum Gasteiger partial charge on any atom is 0.336 e. The van der Waals surface area contributed by atoms with Crippen LogP contribution in [0.15, 0.2) is 11.6 Å². The maximum atomic E-state index is 10.7. The normalized spacial score (nSPS) is 10.8. The smallest absolute Gasteiger partial charge is 0.336 e. The molecule has 0 heterocycles. The van der Waals surface area contributed by atoms with E-state index in [2.05, 4.69) is 9.47 Å². The van der Waals surface area contributed by atoms with Gasteiger partial charge in [0.2, 0.25) is 0 Å². The molecule has 0 amide bonds. The maximum absolute atomic E-state index is 10.7. The highest BCUT2D eigenvalue weighted by Gasteiger charge is 2.10. The van der Waals surface area contributed by atoms with E-state index in [-0.39, 0.29) is 5.57 Å². The first-order chi connectivity index (χ1) is 5.65. The van der Waals surface area contributed by atoms with E-state index in [1.54, 1.807) is 0 Å². The third-order valence-electron chi connectivity index (χ3n) is 1.11. The van der Waals surface area contributed by atoms with E-state index >= 15 is 0 Å². The number of hydrogen-bond donors (Lipinski definition) is 1. The van der Waals surface area contributed by atoms with Crippen LogP contribution in [0.1, 0.15) is 0 Å². The average Bonchev–Trinajstić information content (AvgIpc) is 2.12. The third kappa shape index (κ3) is 3.16. The van der Waals surface area contributed by atoms with Crippen LogP contribution in [-0.2, 0) is 19.1 Å². The van der Waals surface area contributed by atoms with Crippen LogP contribution in [0, 0.1) is 0 Å². The first-order valence-corrected chi connectivity index (χ1v) is 3.13. The molecule has 5 heteroatoms. The van der Waals surface area contributed by atoms with Gasteiger partial charge in [-0.3, -0.25) is 0 Å². The minimum Gasteiger partial charge on any atom is -0.466 e. The van der Waals surface area contributed by atoms with Crippen LogP contribution in [0.3, 0.4) is 0 Å². The third-order valence-corrected chi connectivity index (χ3v) is 1.11. The Morgan fingerprint density at radius 1 is 1.33 bits per heavy atom. The van der Waals surface area contributed by atoms with Gasteiger partial charge in [-0.2, -0.15) is 0 Å². The number of aliphatic hydroxyl groups excluding tert-OH is 1. The average molecular weight is 174 g/mol. The van der Waals surface area contributed by atoms with Crippen LogP contribution in [0.4, 0.5) is 0 Å². The van der Waals surface area contributed by atoms with E-state index < -0.39 is 18.5 Å². The lowest BCUT2D eigenvalue weighted by molar-refractivity contribution is -0.138. The second kappa shape index (κ2) is 5.31. The topological polar surface area (TPSA) is 72.8 Å². The molecule has 0 saturated heterocycles. The Labute approximate surface area is 69.6 Å². The minimum atomic E-state index is -0.747. The van der Waals surface area contributed by atoms with Crippen molar-refractivity contribution in [3.05, 3.63) is 11.6 Å². The summed E-state index contributed by atoms with van der Waals surface area (Å²) in [4.78, 5) is 21.3. The summed E-state index contributed by atoms with van der Waals surface area (Å²) in [5.41, 5.74) is -0.135. The molecule has 68 valence electrons. The van der Waals surface area contributed by atoms with Crippen LogP contribution < -0.4 is 0 Å². The Hall–Kier alpha value is -1.36. The Kier molecular flexibility index (Phi) is 4.71. The monoisotopic (exact) mass is 174 g/mol. The van der Waals surface area contributed by atoms with E-state index in [4.69, 9.17) is 5.11 Å². The van der Waals surface area contributed by atoms with Crippen molar-refractivity contribution in [2.24, 2.45) is 0 Å². The molecule has 0 spiro atoms. The molecule has 0 radical (unpaired) electrons. The zero-order valence-electron chi connectivity index (χ0n) is 6.86. The lowest BCUT2D eigenvalue weighted by Crippen LogP contribution is -2.11. The summed E-state index contributed by atoms with van der Waals surface area (Å²) >= 11 is 0. The molecule has 1 N–H and O–H groups in total. The number of rotatable bonds is 3. The molecular formula is C7H10O5. The lowest BCUT2D eigenvalue weighted by Gasteiger charge is -1.99. The molecule has 0 aliphatic rings. The van der Waals surface area contributed by atoms with Crippen molar-refractivity contribution in [1.29, 1.82) is 0 Å². The predicted octanol–water partition coefficient (Wildman–Crippen LogP) is -0.749. The van der Waals surface area contributed by atoms with E-state index in [1.165, 1.54) is 7.11 Å². The number of carbonyl (C=O) groups excluding carboxylic acids is 2. The molecule has 12 heavy (non-hydrogen) atoms. The summed E-state index contributed by atoms with van der Waals surface area (Å²) in [7, 11) is 2.33. The molecule has 0 fully saturated rings. The number of aliphatic hydroxyl groups is 1. The van der Waals surface area contributed by atoms with Gasteiger partial charge < -0.3 is 14.6 Å². The first-order valence-electron chi connectivity index (χ1n) is 3.13. The minimum absolute atomic E-state index is 0.135. The predicted molar refractivity (Wildman–Crippen MR) is 39.2 cm³/mol. The number of hydrogen-bond acceptors (Lipinski definition) is 5. The first kappa shape index (κ1) is 10.6. The summed E-state index contributed by atoms with van der Waals surface area (Å²) in [6.45, 7) is -0.554. The molecule has 5 nitrogen and oxygen atoms in total. The fourth-order valence-corrected chi connectivity index (χ4v) is 0.501. The van der Waals surface area contributed by atoms with Gasteiger partial charge in [-0.15, -0.1) is 0 Å². The Bertz CT molecular complexity index is 206. The van der Waals surface area contributed by atoms with Crippen LogP contribution in [-0.4, -0.2) is 37.9 Å². The Morgan fingerprint density at radius 2 is 1.92 bits per heavy atom. The Balaban J connectivity index is 4.43. The molecule has 0 rings (SSSR count). The number of esters is 2. The van der Waals surface area contributed by atoms with E-state index in [1.807, 2.05) is 0 Å². The highest BCUT2D eigenvalue weighted by atomic mass is 16.5. The van der Waals surface area contributed by atoms with Gasteiger partial charge in [-0.05, 0) is 0 Å². The summed E-state index contributed by atoms with van der Waals surface area (Å²) in [5.74, 6) is -1.45. The second-order valence-corrected chi connectivity index (χ2v) is 1.84. The highest BCUT2D eigenvalue weighted by Crippen LogP contribution is 1.96. The molecule has 0 aromatic heterocycles. The fraction of sp³-hybridized carbons (Fsp3) is 0.429. The zero-order valence-corrected chi connectivity index (χ0v) is 6.86. The summed E-state index contributed by atoms with van der Waals surface area (Å²) in [5, 5.41) is 8.60. The lowest BCUT2D eigenvalue weighted by atomic mass is 10.2. The SMILES string of the molecule is COC(=O)/C=C(/CO)C(=O)OC. The van der Waals surface area contributed by atoms with Gasteiger partial charge in [0.05, 0.1) is 26.4 Å². The highest BCUT2D eigenvalue weighted by molar-refractivity contribution is 5.96. The van der Waals surface area contributed by atoms with Crippen LogP contribution in [0.25, 0.3) is 0 Å². The molecular weight excluding hydrogens is 164 g/mol. The molecule has 0 aromatic carbocycles. The number of carbonyl (C=O) groups is 2. The van der Waals surface area contributed by atoms with Gasteiger partial charge in [-0.1, -0.05) is 0 Å². The van der Waals surface area contributed by atoms with Gasteiger partial charge in [-0.25, -0.2) is 9.59 Å². The van der Waals surface area contributed by atoms with Crippen LogP contribution >= 0.6 is 0 Å². The molecule has 0 aliphatic heterocycles. The van der Waals surface area contributed by atoms with Crippen LogP contribution in [0.5, 0.6) is 0 Å². The van der Waals surface area contributed by atoms with Crippen molar-refractivity contribution in [3.8, 4) is 0 Å². The summed E-state index contributed by atoms with van der Waals surface area (Å²) in [6, 6.07) is 0. The van der Waals surface area contributed by atoms with Crippen molar-refractivity contribution in [2.45, 2.75) is 0 Å². The summed E-state index contributed by atoms with van der Waals surface area (Å²) < 4.78 is 8.52. The van der Waals surface area contributed by atoms with Crippen molar-refractivity contribution in [1.82, 2.24) is 0 Å². The number of methoxy groups -OCH3 is 2. The van der Waals surface area contributed by atoms with Gasteiger partial charge >= 0.3 is 11.9 Å². The van der Waals surface area contributed by atoms with E-state index in [0.29, 0.717) is 0 Å². The standard InChI is InChI=1S/C7H10O5/c1-11-6(9)3-5(4-8)7(10)12-2/h3,8H,4H2,1-2H3/b5-3-. The van der Waals surface area contributed by atoms with Crippen molar-refractivity contribution < 1.29 is 24.2 Å². The van der Waals surface area contributed by atoms with Crippen LogP contribution in [0.2, 0.25) is 0 Å². The van der Waals surface area contributed by atoms with E-state index in [9.17, 15) is 9.59 Å². The van der Waals surface area contributed by atoms with E-state index in [0.717, 1.165) is 13.2 Å². The largest absolute Gasteiger partial charge is 0.466 e. The molecule has 0 saturated carbocycles. The zero-order chi connectivity index (χ0) is 9.56. The van der Waals surface area contributed by atoms with Gasteiger partial charge in [0.15, 0.2) is 0 Å². The van der Waals surface area contributed by atoms with Crippen molar-refractivity contribution >= 4 is 11.9 Å². The second-order valence-electron chi connectivity index (χ2n) is 1.84. The molecule has 0 unspecified atom stereocenters. The summed E-state index contributed by atoms with van der Waals surface area (Å²) in [6.07, 6.45) is 0.881. The Morgan fingerprint density at radius 3 is 2.25 bits per heavy atom. The van der Waals surface area contributed by atoms with Gasteiger partial charge in [0.25, 0.3) is 0 Å². The quantitative estimate of drug-likeness (QED) is 0.450. The fourth-order valence-electron chi connectivity index (χ4n) is 0.501. The molecule has 0 aromatic rings.